The van der Waals surface area contributed by atoms with E-state index in [2.05, 4.69) is 10.6 Å². The van der Waals surface area contributed by atoms with Crippen LogP contribution in [0.1, 0.15) is 12.0 Å². The lowest BCUT2D eigenvalue weighted by Crippen LogP contribution is -2.21. The number of carbonyl (C=O) groups is 2. The lowest BCUT2D eigenvalue weighted by atomic mass is 10.2. The van der Waals surface area contributed by atoms with Gasteiger partial charge in [-0.2, -0.15) is 0 Å². The second-order valence-corrected chi connectivity index (χ2v) is 5.49. The maximum absolute atomic E-state index is 13.1. The molecule has 0 saturated heterocycles. The summed E-state index contributed by atoms with van der Waals surface area (Å²) >= 11 is 6.00. The largest absolute Gasteiger partial charge is 0.495 e. The number of anilines is 2. The van der Waals surface area contributed by atoms with Gasteiger partial charge in [0.25, 0.3) is 0 Å². The molecule has 2 aromatic rings. The molecular formula is C17H16ClFN2O3. The molecule has 0 spiro atoms. The van der Waals surface area contributed by atoms with Crippen molar-refractivity contribution < 1.29 is 18.7 Å². The standard InChI is InChI=1S/C17H16ClFN2O3/c1-10-6-14(15(24-2)8-13(10)18)21-17(23)9-16(22)20-12-5-3-4-11(19)7-12/h3-8H,9H2,1-2H3,(H,20,22)(H,21,23). The molecule has 0 heterocycles. The fourth-order valence-corrected chi connectivity index (χ4v) is 2.20. The number of benzene rings is 2. The Morgan fingerprint density at radius 1 is 1.17 bits per heavy atom. The molecule has 2 N–H and O–H groups in total. The second-order valence-electron chi connectivity index (χ2n) is 5.09. The summed E-state index contributed by atoms with van der Waals surface area (Å²) in [7, 11) is 1.45. The molecule has 126 valence electrons. The number of ether oxygens (including phenoxy) is 1. The Kier molecular flexibility index (Phi) is 5.76. The van der Waals surface area contributed by atoms with E-state index in [4.69, 9.17) is 16.3 Å². The zero-order valence-electron chi connectivity index (χ0n) is 13.2. The maximum atomic E-state index is 13.1. The van der Waals surface area contributed by atoms with Gasteiger partial charge in [0, 0.05) is 16.8 Å². The van der Waals surface area contributed by atoms with Gasteiger partial charge in [-0.05, 0) is 36.8 Å². The fourth-order valence-electron chi connectivity index (χ4n) is 2.04. The Morgan fingerprint density at radius 3 is 2.54 bits per heavy atom. The first kappa shape index (κ1) is 17.7. The molecule has 0 atom stereocenters. The van der Waals surface area contributed by atoms with Crippen molar-refractivity contribution in [2.45, 2.75) is 13.3 Å². The summed E-state index contributed by atoms with van der Waals surface area (Å²) in [6.45, 7) is 1.79. The van der Waals surface area contributed by atoms with Crippen molar-refractivity contribution in [1.82, 2.24) is 0 Å². The normalized spacial score (nSPS) is 10.2. The van der Waals surface area contributed by atoms with Gasteiger partial charge in [-0.25, -0.2) is 4.39 Å². The number of hydrogen-bond donors (Lipinski definition) is 2. The first-order valence-corrected chi connectivity index (χ1v) is 7.46. The van der Waals surface area contributed by atoms with Gasteiger partial charge in [0.1, 0.15) is 18.0 Å². The number of hydrogen-bond acceptors (Lipinski definition) is 3. The van der Waals surface area contributed by atoms with E-state index in [1.807, 2.05) is 0 Å². The topological polar surface area (TPSA) is 67.4 Å². The SMILES string of the molecule is COc1cc(Cl)c(C)cc1NC(=O)CC(=O)Nc1cccc(F)c1. The Bertz CT molecular complexity index is 780. The van der Waals surface area contributed by atoms with E-state index in [0.717, 1.165) is 5.56 Å². The summed E-state index contributed by atoms with van der Waals surface area (Å²) in [5.74, 6) is -1.16. The molecule has 0 unspecified atom stereocenters. The van der Waals surface area contributed by atoms with Crippen molar-refractivity contribution >= 4 is 34.8 Å². The van der Waals surface area contributed by atoms with Gasteiger partial charge >= 0.3 is 0 Å². The van der Waals surface area contributed by atoms with Gasteiger partial charge in [0.15, 0.2) is 0 Å². The molecular weight excluding hydrogens is 335 g/mol. The van der Waals surface area contributed by atoms with E-state index in [0.29, 0.717) is 16.5 Å². The van der Waals surface area contributed by atoms with Crippen LogP contribution in [0.2, 0.25) is 5.02 Å². The van der Waals surface area contributed by atoms with Crippen molar-refractivity contribution in [2.24, 2.45) is 0 Å². The molecule has 0 aliphatic rings. The predicted molar refractivity (Wildman–Crippen MR) is 91.0 cm³/mol. The van der Waals surface area contributed by atoms with Gasteiger partial charge < -0.3 is 15.4 Å². The zero-order chi connectivity index (χ0) is 17.7. The van der Waals surface area contributed by atoms with Gasteiger partial charge in [-0.15, -0.1) is 0 Å². The van der Waals surface area contributed by atoms with Gasteiger partial charge in [0.05, 0.1) is 12.8 Å². The summed E-state index contributed by atoms with van der Waals surface area (Å²) in [6.07, 6.45) is -0.415. The Hall–Kier alpha value is -2.60. The molecule has 7 heteroatoms. The molecule has 0 radical (unpaired) electrons. The Labute approximate surface area is 143 Å². The number of nitrogens with one attached hydrogen (secondary N) is 2. The highest BCUT2D eigenvalue weighted by atomic mass is 35.5. The molecule has 24 heavy (non-hydrogen) atoms. The van der Waals surface area contributed by atoms with E-state index >= 15 is 0 Å². The van der Waals surface area contributed by atoms with Gasteiger partial charge in [0.2, 0.25) is 11.8 Å². The van der Waals surface area contributed by atoms with Crippen LogP contribution in [0, 0.1) is 12.7 Å². The zero-order valence-corrected chi connectivity index (χ0v) is 13.9. The number of methoxy groups -OCH3 is 1. The van der Waals surface area contributed by atoms with E-state index < -0.39 is 24.1 Å². The minimum absolute atomic E-state index is 0.285. The van der Waals surface area contributed by atoms with E-state index in [-0.39, 0.29) is 5.69 Å². The smallest absolute Gasteiger partial charge is 0.233 e. The van der Waals surface area contributed by atoms with E-state index in [1.165, 1.54) is 31.4 Å². The van der Waals surface area contributed by atoms with E-state index in [9.17, 15) is 14.0 Å². The van der Waals surface area contributed by atoms with Crippen LogP contribution < -0.4 is 15.4 Å². The average molecular weight is 351 g/mol. The van der Waals surface area contributed by atoms with Crippen LogP contribution in [0.3, 0.4) is 0 Å². The number of rotatable bonds is 5. The highest BCUT2D eigenvalue weighted by molar-refractivity contribution is 6.31. The third kappa shape index (κ3) is 4.70. The number of halogens is 2. The number of amides is 2. The Balaban J connectivity index is 2.00. The molecule has 2 amide bonds. The Morgan fingerprint density at radius 2 is 1.88 bits per heavy atom. The van der Waals surface area contributed by atoms with Crippen molar-refractivity contribution in [1.29, 1.82) is 0 Å². The summed E-state index contributed by atoms with van der Waals surface area (Å²) in [4.78, 5) is 23.9. The van der Waals surface area contributed by atoms with Gasteiger partial charge in [-0.3, -0.25) is 9.59 Å². The van der Waals surface area contributed by atoms with Crippen molar-refractivity contribution in [2.75, 3.05) is 17.7 Å². The molecule has 0 aromatic heterocycles. The van der Waals surface area contributed by atoms with Crippen LogP contribution in [-0.2, 0) is 9.59 Å². The maximum Gasteiger partial charge on any atom is 0.233 e. The first-order valence-electron chi connectivity index (χ1n) is 7.08. The van der Waals surface area contributed by atoms with Crippen LogP contribution in [0.4, 0.5) is 15.8 Å². The van der Waals surface area contributed by atoms with Crippen LogP contribution in [0.25, 0.3) is 0 Å². The van der Waals surface area contributed by atoms with Gasteiger partial charge in [-0.1, -0.05) is 17.7 Å². The molecule has 0 fully saturated rings. The minimum atomic E-state index is -0.553. The van der Waals surface area contributed by atoms with Crippen LogP contribution >= 0.6 is 11.6 Å². The molecule has 2 rings (SSSR count). The van der Waals surface area contributed by atoms with Crippen molar-refractivity contribution in [3.8, 4) is 5.75 Å². The third-order valence-electron chi connectivity index (χ3n) is 3.18. The molecule has 0 saturated carbocycles. The van der Waals surface area contributed by atoms with Crippen molar-refractivity contribution in [3.63, 3.8) is 0 Å². The molecule has 5 nitrogen and oxygen atoms in total. The third-order valence-corrected chi connectivity index (χ3v) is 3.59. The minimum Gasteiger partial charge on any atom is -0.495 e. The molecule has 0 bridgehead atoms. The van der Waals surface area contributed by atoms with Crippen LogP contribution in [0.5, 0.6) is 5.75 Å². The molecule has 0 aliphatic carbocycles. The quantitative estimate of drug-likeness (QED) is 0.807. The highest BCUT2D eigenvalue weighted by Crippen LogP contribution is 2.31. The average Bonchev–Trinajstić information content (AvgIpc) is 2.50. The highest BCUT2D eigenvalue weighted by Gasteiger charge is 2.14. The van der Waals surface area contributed by atoms with Crippen molar-refractivity contribution in [3.05, 3.63) is 52.8 Å². The summed E-state index contributed by atoms with van der Waals surface area (Å²) in [5, 5.41) is 5.56. The fraction of sp³-hybridized carbons (Fsp3) is 0.176. The number of aryl methyl sites for hydroxylation is 1. The predicted octanol–water partition coefficient (Wildman–Crippen LogP) is 3.76. The van der Waals surface area contributed by atoms with E-state index in [1.54, 1.807) is 19.1 Å². The lowest BCUT2D eigenvalue weighted by Gasteiger charge is -2.12. The molecule has 2 aromatic carbocycles. The summed E-state index contributed by atoms with van der Waals surface area (Å²) < 4.78 is 18.2. The van der Waals surface area contributed by atoms with Crippen LogP contribution in [-0.4, -0.2) is 18.9 Å². The second kappa shape index (κ2) is 7.79. The van der Waals surface area contributed by atoms with Crippen LogP contribution in [0.15, 0.2) is 36.4 Å². The number of carbonyl (C=O) groups excluding carboxylic acids is 2. The summed E-state index contributed by atoms with van der Waals surface area (Å²) in [6, 6.07) is 8.67. The lowest BCUT2D eigenvalue weighted by molar-refractivity contribution is -0.123. The molecule has 0 aliphatic heterocycles. The first-order chi connectivity index (χ1) is 11.4. The monoisotopic (exact) mass is 350 g/mol. The summed E-state index contributed by atoms with van der Waals surface area (Å²) in [5.41, 5.74) is 1.47.